The van der Waals surface area contributed by atoms with Gasteiger partial charge in [-0.2, -0.15) is 0 Å². The van der Waals surface area contributed by atoms with Crippen LogP contribution in [0.2, 0.25) is 5.02 Å². The number of halogens is 2. The van der Waals surface area contributed by atoms with Crippen LogP contribution in [0.1, 0.15) is 18.4 Å². The van der Waals surface area contributed by atoms with E-state index < -0.39 is 15.8 Å². The van der Waals surface area contributed by atoms with Gasteiger partial charge in [-0.15, -0.1) is 0 Å². The number of nitrogens with one attached hydrogen (secondary N) is 2. The minimum atomic E-state index is -3.71. The molecule has 8 heteroatoms. The third kappa shape index (κ3) is 5.81. The first-order chi connectivity index (χ1) is 11.8. The molecule has 134 valence electrons. The maximum Gasteiger partial charge on any atom is 0.240 e. The van der Waals surface area contributed by atoms with E-state index in [1.807, 2.05) is 6.92 Å². The van der Waals surface area contributed by atoms with Gasteiger partial charge in [0.2, 0.25) is 15.9 Å². The van der Waals surface area contributed by atoms with Crippen LogP contribution in [0.15, 0.2) is 47.4 Å². The second-order valence-corrected chi connectivity index (χ2v) is 7.67. The zero-order valence-electron chi connectivity index (χ0n) is 13.6. The average Bonchev–Trinajstić information content (AvgIpc) is 2.55. The van der Waals surface area contributed by atoms with E-state index >= 15 is 0 Å². The van der Waals surface area contributed by atoms with Crippen LogP contribution in [0.3, 0.4) is 0 Å². The van der Waals surface area contributed by atoms with Crippen molar-refractivity contribution in [1.29, 1.82) is 0 Å². The lowest BCUT2D eigenvalue weighted by atomic mass is 10.2. The summed E-state index contributed by atoms with van der Waals surface area (Å²) in [5.41, 5.74) is 1.51. The molecule has 2 aromatic carbocycles. The summed E-state index contributed by atoms with van der Waals surface area (Å²) >= 11 is 5.89. The highest BCUT2D eigenvalue weighted by atomic mass is 35.5. The molecule has 25 heavy (non-hydrogen) atoms. The topological polar surface area (TPSA) is 75.3 Å². The number of carbonyl (C=O) groups excluding carboxylic acids is 1. The summed E-state index contributed by atoms with van der Waals surface area (Å²) in [6.07, 6.45) is 0.476. The van der Waals surface area contributed by atoms with Crippen LogP contribution in [0.5, 0.6) is 0 Å². The van der Waals surface area contributed by atoms with Crippen LogP contribution in [-0.2, 0) is 14.8 Å². The van der Waals surface area contributed by atoms with Gasteiger partial charge in [-0.25, -0.2) is 17.5 Å². The van der Waals surface area contributed by atoms with E-state index in [1.54, 1.807) is 18.2 Å². The molecular weight excluding hydrogens is 367 g/mol. The molecule has 2 aromatic rings. The first kappa shape index (κ1) is 19.4. The average molecular weight is 385 g/mol. The van der Waals surface area contributed by atoms with Crippen molar-refractivity contribution in [3.8, 4) is 0 Å². The summed E-state index contributed by atoms with van der Waals surface area (Å²) in [5.74, 6) is -0.738. The summed E-state index contributed by atoms with van der Waals surface area (Å²) in [4.78, 5) is 11.9. The maximum atomic E-state index is 12.8. The molecule has 2 N–H and O–H groups in total. The predicted molar refractivity (Wildman–Crippen MR) is 95.6 cm³/mol. The van der Waals surface area contributed by atoms with Gasteiger partial charge >= 0.3 is 0 Å². The fourth-order valence-electron chi connectivity index (χ4n) is 2.09. The number of hydrogen-bond acceptors (Lipinski definition) is 3. The third-order valence-corrected chi connectivity index (χ3v) is 5.18. The standard InChI is InChI=1S/C17H18ClFN2O3S/c1-12-4-5-13(18)11-16(12)21-17(22)3-2-10-20-25(23,24)15-8-6-14(19)7-9-15/h4-9,11,20H,2-3,10H2,1H3,(H,21,22). The normalized spacial score (nSPS) is 11.3. The van der Waals surface area contributed by atoms with Crippen LogP contribution >= 0.6 is 11.6 Å². The Morgan fingerprint density at radius 1 is 1.16 bits per heavy atom. The summed E-state index contributed by atoms with van der Waals surface area (Å²) < 4.78 is 39.2. The number of aryl methyl sites for hydroxylation is 1. The molecule has 0 spiro atoms. The molecule has 0 saturated heterocycles. The molecule has 0 heterocycles. The van der Waals surface area contributed by atoms with E-state index in [1.165, 1.54) is 12.1 Å². The van der Waals surface area contributed by atoms with Crippen molar-refractivity contribution in [2.24, 2.45) is 0 Å². The summed E-state index contributed by atoms with van der Waals surface area (Å²) in [6.45, 7) is 1.95. The van der Waals surface area contributed by atoms with Crippen molar-refractivity contribution in [2.45, 2.75) is 24.7 Å². The fourth-order valence-corrected chi connectivity index (χ4v) is 3.34. The van der Waals surface area contributed by atoms with Crippen molar-refractivity contribution >= 4 is 33.2 Å². The second-order valence-electron chi connectivity index (χ2n) is 5.46. The van der Waals surface area contributed by atoms with Gasteiger partial charge < -0.3 is 5.32 Å². The quantitative estimate of drug-likeness (QED) is 0.717. The van der Waals surface area contributed by atoms with Gasteiger partial charge in [0.15, 0.2) is 0 Å². The van der Waals surface area contributed by atoms with Gasteiger partial charge in [0.05, 0.1) is 4.90 Å². The van der Waals surface area contributed by atoms with Crippen LogP contribution in [0.4, 0.5) is 10.1 Å². The Bertz CT molecular complexity index is 855. The lowest BCUT2D eigenvalue weighted by Crippen LogP contribution is -2.25. The monoisotopic (exact) mass is 384 g/mol. The zero-order valence-corrected chi connectivity index (χ0v) is 15.1. The molecular formula is C17H18ClFN2O3S. The van der Waals surface area contributed by atoms with E-state index in [2.05, 4.69) is 10.0 Å². The number of benzene rings is 2. The van der Waals surface area contributed by atoms with Crippen molar-refractivity contribution < 1.29 is 17.6 Å². The Labute approximate surface area is 151 Å². The summed E-state index contributed by atoms with van der Waals surface area (Å²) in [6, 6.07) is 9.72. The predicted octanol–water partition coefficient (Wildman–Crippen LogP) is 3.48. The Kier molecular flexibility index (Phi) is 6.52. The first-order valence-corrected chi connectivity index (χ1v) is 9.45. The van der Waals surface area contributed by atoms with Crippen molar-refractivity contribution in [3.05, 3.63) is 58.9 Å². The Morgan fingerprint density at radius 3 is 2.52 bits per heavy atom. The van der Waals surface area contributed by atoms with Crippen LogP contribution in [-0.4, -0.2) is 20.9 Å². The molecule has 2 rings (SSSR count). The van der Waals surface area contributed by atoms with Gasteiger partial charge in [0, 0.05) is 23.7 Å². The largest absolute Gasteiger partial charge is 0.326 e. The van der Waals surface area contributed by atoms with Crippen molar-refractivity contribution in [3.63, 3.8) is 0 Å². The first-order valence-electron chi connectivity index (χ1n) is 7.59. The molecule has 0 atom stereocenters. The van der Waals surface area contributed by atoms with Crippen molar-refractivity contribution in [2.75, 3.05) is 11.9 Å². The molecule has 1 amide bonds. The Hall–Kier alpha value is -1.96. The van der Waals surface area contributed by atoms with Gasteiger partial charge in [-0.3, -0.25) is 4.79 Å². The zero-order chi connectivity index (χ0) is 18.4. The third-order valence-electron chi connectivity index (χ3n) is 3.47. The molecule has 0 bridgehead atoms. The lowest BCUT2D eigenvalue weighted by molar-refractivity contribution is -0.116. The van der Waals surface area contributed by atoms with Gasteiger partial charge in [-0.1, -0.05) is 17.7 Å². The highest BCUT2D eigenvalue weighted by Gasteiger charge is 2.13. The molecule has 0 saturated carbocycles. The molecule has 0 aliphatic rings. The van der Waals surface area contributed by atoms with E-state index in [-0.39, 0.29) is 23.8 Å². The number of sulfonamides is 1. The molecule has 5 nitrogen and oxygen atoms in total. The summed E-state index contributed by atoms with van der Waals surface area (Å²) in [7, 11) is -3.71. The Morgan fingerprint density at radius 2 is 1.84 bits per heavy atom. The highest BCUT2D eigenvalue weighted by Crippen LogP contribution is 2.20. The number of amides is 1. The SMILES string of the molecule is Cc1ccc(Cl)cc1NC(=O)CCCNS(=O)(=O)c1ccc(F)cc1. The highest BCUT2D eigenvalue weighted by molar-refractivity contribution is 7.89. The fraction of sp³-hybridized carbons (Fsp3) is 0.235. The maximum absolute atomic E-state index is 12.8. The lowest BCUT2D eigenvalue weighted by Gasteiger charge is -2.09. The number of rotatable bonds is 7. The van der Waals surface area contributed by atoms with Gasteiger partial charge in [0.1, 0.15) is 5.82 Å². The molecule has 0 unspecified atom stereocenters. The van der Waals surface area contributed by atoms with E-state index in [4.69, 9.17) is 11.6 Å². The molecule has 0 aliphatic heterocycles. The van der Waals surface area contributed by atoms with E-state index in [0.29, 0.717) is 17.1 Å². The molecule has 0 fully saturated rings. The van der Waals surface area contributed by atoms with E-state index in [9.17, 15) is 17.6 Å². The van der Waals surface area contributed by atoms with E-state index in [0.717, 1.165) is 17.7 Å². The number of anilines is 1. The summed E-state index contributed by atoms with van der Waals surface area (Å²) in [5, 5.41) is 3.27. The van der Waals surface area contributed by atoms with Crippen LogP contribution in [0.25, 0.3) is 0 Å². The Balaban J connectivity index is 1.81. The molecule has 0 radical (unpaired) electrons. The van der Waals surface area contributed by atoms with Gasteiger partial charge in [0.25, 0.3) is 0 Å². The van der Waals surface area contributed by atoms with Crippen LogP contribution < -0.4 is 10.0 Å². The smallest absolute Gasteiger partial charge is 0.240 e. The number of hydrogen-bond donors (Lipinski definition) is 2. The second kappa shape index (κ2) is 8.42. The molecule has 0 aliphatic carbocycles. The minimum absolute atomic E-state index is 0.0205. The van der Waals surface area contributed by atoms with Crippen LogP contribution in [0, 0.1) is 12.7 Å². The van der Waals surface area contributed by atoms with Gasteiger partial charge in [-0.05, 0) is 55.3 Å². The minimum Gasteiger partial charge on any atom is -0.326 e. The molecule has 0 aromatic heterocycles. The number of carbonyl (C=O) groups is 1. The van der Waals surface area contributed by atoms with Crippen molar-refractivity contribution in [1.82, 2.24) is 4.72 Å².